The number of ether oxygens (including phenoxy) is 1. The molecule has 1 aromatic heterocycles. The molecule has 1 saturated carbocycles. The number of nitrogens with two attached hydrogens (primary N) is 1. The molecule has 0 radical (unpaired) electrons. The summed E-state index contributed by atoms with van der Waals surface area (Å²) in [5.74, 6) is 1.09. The van der Waals surface area contributed by atoms with Crippen molar-refractivity contribution in [3.05, 3.63) is 5.69 Å². The SMILES string of the molecule is CCc1nn(C)c(N2CCOC3CCCCC32)c1N. The van der Waals surface area contributed by atoms with Gasteiger partial charge in [0.25, 0.3) is 0 Å². The molecule has 2 fully saturated rings. The predicted molar refractivity (Wildman–Crippen MR) is 76.3 cm³/mol. The van der Waals surface area contributed by atoms with Crippen molar-refractivity contribution >= 4 is 11.5 Å². The van der Waals surface area contributed by atoms with Crippen LogP contribution in [0.5, 0.6) is 0 Å². The Labute approximate surface area is 114 Å². The molecule has 0 aromatic carbocycles. The van der Waals surface area contributed by atoms with Crippen molar-refractivity contribution in [1.29, 1.82) is 0 Å². The Morgan fingerprint density at radius 1 is 1.37 bits per heavy atom. The van der Waals surface area contributed by atoms with Crippen LogP contribution in [0.25, 0.3) is 0 Å². The second-order valence-corrected chi connectivity index (χ2v) is 5.62. The fourth-order valence-corrected chi connectivity index (χ4v) is 3.55. The van der Waals surface area contributed by atoms with E-state index in [2.05, 4.69) is 16.9 Å². The van der Waals surface area contributed by atoms with Crippen molar-refractivity contribution in [3.63, 3.8) is 0 Å². The number of hydrogen-bond donors (Lipinski definition) is 1. The lowest BCUT2D eigenvalue weighted by Crippen LogP contribution is -2.53. The average molecular weight is 264 g/mol. The molecule has 5 nitrogen and oxygen atoms in total. The van der Waals surface area contributed by atoms with Gasteiger partial charge in [-0.2, -0.15) is 5.10 Å². The number of rotatable bonds is 2. The van der Waals surface area contributed by atoms with Gasteiger partial charge in [-0.25, -0.2) is 0 Å². The maximum atomic E-state index is 6.30. The van der Waals surface area contributed by atoms with Crippen molar-refractivity contribution < 1.29 is 4.74 Å². The van der Waals surface area contributed by atoms with E-state index in [1.165, 1.54) is 25.7 Å². The highest BCUT2D eigenvalue weighted by Crippen LogP contribution is 2.35. The lowest BCUT2D eigenvalue weighted by atomic mass is 9.90. The summed E-state index contributed by atoms with van der Waals surface area (Å²) in [6.07, 6.45) is 6.23. The van der Waals surface area contributed by atoms with Gasteiger partial charge in [0.05, 0.1) is 30.1 Å². The van der Waals surface area contributed by atoms with Crippen molar-refractivity contribution in [3.8, 4) is 0 Å². The molecule has 2 N–H and O–H groups in total. The van der Waals surface area contributed by atoms with Crippen molar-refractivity contribution in [2.24, 2.45) is 7.05 Å². The van der Waals surface area contributed by atoms with Crippen LogP contribution in [0.1, 0.15) is 38.3 Å². The second kappa shape index (κ2) is 5.04. The molecule has 1 aromatic rings. The van der Waals surface area contributed by atoms with Crippen LogP contribution in [0.4, 0.5) is 11.5 Å². The first kappa shape index (κ1) is 12.8. The third-order valence-electron chi connectivity index (χ3n) is 4.47. The molecule has 1 saturated heterocycles. The summed E-state index contributed by atoms with van der Waals surface area (Å²) in [6.45, 7) is 3.83. The summed E-state index contributed by atoms with van der Waals surface area (Å²) < 4.78 is 7.88. The first-order valence-electron chi connectivity index (χ1n) is 7.42. The zero-order valence-electron chi connectivity index (χ0n) is 11.9. The van der Waals surface area contributed by atoms with E-state index in [1.807, 2.05) is 11.7 Å². The average Bonchev–Trinajstić information content (AvgIpc) is 2.73. The first-order chi connectivity index (χ1) is 9.22. The molecular weight excluding hydrogens is 240 g/mol. The van der Waals surface area contributed by atoms with Crippen LogP contribution in [-0.4, -0.2) is 35.1 Å². The van der Waals surface area contributed by atoms with E-state index in [0.717, 1.165) is 36.8 Å². The Bertz CT molecular complexity index is 455. The molecule has 0 spiro atoms. The summed E-state index contributed by atoms with van der Waals surface area (Å²) in [7, 11) is 2.00. The van der Waals surface area contributed by atoms with Crippen LogP contribution in [0, 0.1) is 0 Å². The number of nitrogens with zero attached hydrogens (tertiary/aromatic N) is 3. The van der Waals surface area contributed by atoms with E-state index < -0.39 is 0 Å². The molecule has 0 amide bonds. The minimum Gasteiger partial charge on any atom is -0.394 e. The largest absolute Gasteiger partial charge is 0.394 e. The molecule has 1 aliphatic carbocycles. The molecule has 2 aliphatic rings. The molecule has 5 heteroatoms. The fourth-order valence-electron chi connectivity index (χ4n) is 3.55. The van der Waals surface area contributed by atoms with Gasteiger partial charge >= 0.3 is 0 Å². The third kappa shape index (κ3) is 2.10. The Morgan fingerprint density at radius 3 is 2.89 bits per heavy atom. The smallest absolute Gasteiger partial charge is 0.150 e. The number of fused-ring (bicyclic) bond motifs is 1. The maximum Gasteiger partial charge on any atom is 0.150 e. The highest BCUT2D eigenvalue weighted by molar-refractivity contribution is 5.67. The molecule has 2 atom stereocenters. The number of morpholine rings is 1. The Kier molecular flexibility index (Phi) is 3.39. The number of hydrogen-bond acceptors (Lipinski definition) is 4. The van der Waals surface area contributed by atoms with Crippen LogP contribution >= 0.6 is 0 Å². The van der Waals surface area contributed by atoms with Gasteiger partial charge < -0.3 is 15.4 Å². The zero-order valence-corrected chi connectivity index (χ0v) is 11.9. The molecule has 106 valence electrons. The van der Waals surface area contributed by atoms with Crippen LogP contribution in [-0.2, 0) is 18.2 Å². The standard InChI is InChI=1S/C14H24N4O/c1-3-10-13(15)14(17(2)16-10)18-8-9-19-12-7-5-4-6-11(12)18/h11-12H,3-9,15H2,1-2H3. The summed E-state index contributed by atoms with van der Waals surface area (Å²) in [5.41, 5.74) is 8.17. The molecule has 0 bridgehead atoms. The van der Waals surface area contributed by atoms with Gasteiger partial charge in [-0.05, 0) is 19.3 Å². The van der Waals surface area contributed by atoms with Gasteiger partial charge in [0.1, 0.15) is 0 Å². The number of nitrogen functional groups attached to an aromatic ring is 1. The van der Waals surface area contributed by atoms with E-state index in [0.29, 0.717) is 12.1 Å². The fraction of sp³-hybridized carbons (Fsp3) is 0.786. The first-order valence-corrected chi connectivity index (χ1v) is 7.42. The van der Waals surface area contributed by atoms with Gasteiger partial charge in [0.15, 0.2) is 5.82 Å². The zero-order chi connectivity index (χ0) is 13.4. The van der Waals surface area contributed by atoms with E-state index in [9.17, 15) is 0 Å². The van der Waals surface area contributed by atoms with Crippen LogP contribution in [0.15, 0.2) is 0 Å². The van der Waals surface area contributed by atoms with E-state index in [1.54, 1.807) is 0 Å². The van der Waals surface area contributed by atoms with Gasteiger partial charge in [-0.15, -0.1) is 0 Å². The van der Waals surface area contributed by atoms with Gasteiger partial charge in [0.2, 0.25) is 0 Å². The van der Waals surface area contributed by atoms with Crippen LogP contribution in [0.3, 0.4) is 0 Å². The highest BCUT2D eigenvalue weighted by atomic mass is 16.5. The molecule has 19 heavy (non-hydrogen) atoms. The molecule has 2 heterocycles. The van der Waals surface area contributed by atoms with Crippen molar-refractivity contribution in [2.45, 2.75) is 51.2 Å². The van der Waals surface area contributed by atoms with Gasteiger partial charge in [-0.1, -0.05) is 19.8 Å². The molecule has 1 aliphatic heterocycles. The number of aryl methyl sites for hydroxylation is 2. The van der Waals surface area contributed by atoms with Crippen molar-refractivity contribution in [1.82, 2.24) is 9.78 Å². The Balaban J connectivity index is 1.93. The quantitative estimate of drug-likeness (QED) is 0.883. The third-order valence-corrected chi connectivity index (χ3v) is 4.47. The Morgan fingerprint density at radius 2 is 2.16 bits per heavy atom. The van der Waals surface area contributed by atoms with E-state index in [-0.39, 0.29) is 0 Å². The normalized spacial score (nSPS) is 27.4. The monoisotopic (exact) mass is 264 g/mol. The van der Waals surface area contributed by atoms with E-state index >= 15 is 0 Å². The molecule has 3 rings (SSSR count). The maximum absolute atomic E-state index is 6.30. The van der Waals surface area contributed by atoms with Crippen molar-refractivity contribution in [2.75, 3.05) is 23.8 Å². The minimum absolute atomic E-state index is 0.377. The molecular formula is C14H24N4O. The van der Waals surface area contributed by atoms with Crippen LogP contribution in [0.2, 0.25) is 0 Å². The summed E-state index contributed by atoms with van der Waals surface area (Å²) in [5, 5.41) is 4.55. The van der Waals surface area contributed by atoms with Gasteiger partial charge in [-0.3, -0.25) is 4.68 Å². The summed E-state index contributed by atoms with van der Waals surface area (Å²) >= 11 is 0. The summed E-state index contributed by atoms with van der Waals surface area (Å²) in [6, 6.07) is 0.477. The summed E-state index contributed by atoms with van der Waals surface area (Å²) in [4.78, 5) is 2.44. The number of aromatic nitrogens is 2. The topological polar surface area (TPSA) is 56.3 Å². The highest BCUT2D eigenvalue weighted by Gasteiger charge is 2.36. The minimum atomic E-state index is 0.377. The van der Waals surface area contributed by atoms with Crippen LogP contribution < -0.4 is 10.6 Å². The molecule has 2 unspecified atom stereocenters. The lowest BCUT2D eigenvalue weighted by Gasteiger charge is -2.44. The lowest BCUT2D eigenvalue weighted by molar-refractivity contribution is -0.00918. The Hall–Kier alpha value is -1.23. The second-order valence-electron chi connectivity index (χ2n) is 5.62. The predicted octanol–water partition coefficient (Wildman–Crippen LogP) is 1.71. The number of anilines is 2. The van der Waals surface area contributed by atoms with Gasteiger partial charge in [0, 0.05) is 13.6 Å². The van der Waals surface area contributed by atoms with E-state index in [4.69, 9.17) is 10.5 Å².